The zero-order valence-electron chi connectivity index (χ0n) is 12.3. The molecule has 3 unspecified atom stereocenters. The molecule has 0 bridgehead atoms. The molecule has 21 heavy (non-hydrogen) atoms. The highest BCUT2D eigenvalue weighted by molar-refractivity contribution is 5.35. The molecule has 3 nitrogen and oxygen atoms in total. The molecule has 1 fully saturated rings. The number of hydrogen-bond acceptors (Lipinski definition) is 3. The minimum Gasteiger partial charge on any atom is -0.434 e. The number of halogens is 2. The predicted octanol–water partition coefficient (Wildman–Crippen LogP) is 3.49. The molecule has 0 saturated heterocycles. The van der Waals surface area contributed by atoms with Gasteiger partial charge in [0.15, 0.2) is 0 Å². The Bertz CT molecular complexity index is 442. The van der Waals surface area contributed by atoms with E-state index in [4.69, 9.17) is 0 Å². The summed E-state index contributed by atoms with van der Waals surface area (Å²) in [6.45, 7) is -0.0967. The highest BCUT2D eigenvalue weighted by Gasteiger charge is 2.21. The van der Waals surface area contributed by atoms with Crippen molar-refractivity contribution in [3.05, 3.63) is 29.8 Å². The minimum absolute atomic E-state index is 0.0704. The van der Waals surface area contributed by atoms with Gasteiger partial charge in [0.1, 0.15) is 5.75 Å². The lowest BCUT2D eigenvalue weighted by Gasteiger charge is -2.27. The Balaban J connectivity index is 1.92. The molecule has 1 aromatic rings. The van der Waals surface area contributed by atoms with Gasteiger partial charge >= 0.3 is 6.61 Å². The van der Waals surface area contributed by atoms with Crippen LogP contribution < -0.4 is 10.1 Å². The summed E-state index contributed by atoms with van der Waals surface area (Å²) in [5.41, 5.74) is 0.731. The van der Waals surface area contributed by atoms with Gasteiger partial charge in [-0.3, -0.25) is 0 Å². The first-order valence-corrected chi connectivity index (χ1v) is 7.51. The first kappa shape index (κ1) is 16.2. The summed E-state index contributed by atoms with van der Waals surface area (Å²) in [6.07, 6.45) is 3.65. The van der Waals surface area contributed by atoms with Gasteiger partial charge in [-0.15, -0.1) is 0 Å². The normalized spacial score (nSPS) is 24.0. The van der Waals surface area contributed by atoms with Crippen molar-refractivity contribution in [3.63, 3.8) is 0 Å². The van der Waals surface area contributed by atoms with E-state index in [-0.39, 0.29) is 17.9 Å². The fourth-order valence-electron chi connectivity index (χ4n) is 2.94. The molecule has 118 valence electrons. The molecule has 0 amide bonds. The summed E-state index contributed by atoms with van der Waals surface area (Å²) in [6, 6.07) is 6.79. The number of aliphatic hydroxyl groups excluding tert-OH is 1. The summed E-state index contributed by atoms with van der Waals surface area (Å²) in [4.78, 5) is 0. The number of hydrogen-bond donors (Lipinski definition) is 2. The van der Waals surface area contributed by atoms with Crippen molar-refractivity contribution >= 4 is 0 Å². The van der Waals surface area contributed by atoms with Gasteiger partial charge in [0, 0.05) is 11.6 Å². The monoisotopic (exact) mass is 299 g/mol. The average molecular weight is 299 g/mol. The van der Waals surface area contributed by atoms with Crippen LogP contribution in [0, 0.1) is 5.92 Å². The SMILES string of the molecule is CC(NCC1CCCC(O)C1)c1ccccc1OC(F)F. The Morgan fingerprint density at radius 3 is 2.81 bits per heavy atom. The van der Waals surface area contributed by atoms with Crippen LogP contribution in [0.2, 0.25) is 0 Å². The first-order valence-electron chi connectivity index (χ1n) is 7.51. The van der Waals surface area contributed by atoms with Crippen molar-refractivity contribution in [2.24, 2.45) is 5.92 Å². The maximum absolute atomic E-state index is 12.4. The Kier molecular flexibility index (Phi) is 5.94. The van der Waals surface area contributed by atoms with Gasteiger partial charge in [0.05, 0.1) is 6.10 Å². The molecule has 1 saturated carbocycles. The third-order valence-corrected chi connectivity index (χ3v) is 4.07. The minimum atomic E-state index is -2.81. The van der Waals surface area contributed by atoms with Gasteiger partial charge in [-0.1, -0.05) is 24.6 Å². The number of ether oxygens (including phenoxy) is 1. The van der Waals surface area contributed by atoms with E-state index in [9.17, 15) is 13.9 Å². The van der Waals surface area contributed by atoms with Crippen molar-refractivity contribution in [2.45, 2.75) is 51.4 Å². The molecule has 0 heterocycles. The molecule has 2 N–H and O–H groups in total. The van der Waals surface area contributed by atoms with Gasteiger partial charge in [0.25, 0.3) is 0 Å². The third-order valence-electron chi connectivity index (χ3n) is 4.07. The van der Waals surface area contributed by atoms with Gasteiger partial charge in [-0.2, -0.15) is 8.78 Å². The molecule has 0 aromatic heterocycles. The molecule has 0 spiro atoms. The van der Waals surface area contributed by atoms with Gasteiger partial charge in [-0.05, 0) is 44.7 Å². The van der Waals surface area contributed by atoms with Crippen LogP contribution in [0.15, 0.2) is 24.3 Å². The highest BCUT2D eigenvalue weighted by atomic mass is 19.3. The second-order valence-corrected chi connectivity index (χ2v) is 5.73. The maximum atomic E-state index is 12.4. The summed E-state index contributed by atoms with van der Waals surface area (Å²) in [5.74, 6) is 0.663. The van der Waals surface area contributed by atoms with Crippen molar-refractivity contribution < 1.29 is 18.6 Å². The molecule has 0 radical (unpaired) electrons. The Labute approximate surface area is 124 Å². The zero-order valence-corrected chi connectivity index (χ0v) is 12.3. The first-order chi connectivity index (χ1) is 10.1. The van der Waals surface area contributed by atoms with E-state index in [0.29, 0.717) is 5.92 Å². The molecule has 3 atom stereocenters. The standard InChI is InChI=1S/C16H23F2NO2/c1-11(19-10-12-5-4-6-13(20)9-12)14-7-2-3-8-15(14)21-16(17)18/h2-3,7-8,11-13,16,19-20H,4-6,9-10H2,1H3. The average Bonchev–Trinajstić information content (AvgIpc) is 2.45. The van der Waals surface area contributed by atoms with Crippen LogP contribution in [-0.2, 0) is 0 Å². The maximum Gasteiger partial charge on any atom is 0.387 e. The molecular formula is C16H23F2NO2. The van der Waals surface area contributed by atoms with Crippen molar-refractivity contribution in [3.8, 4) is 5.75 Å². The van der Waals surface area contributed by atoms with Crippen molar-refractivity contribution in [1.82, 2.24) is 5.32 Å². The van der Waals surface area contributed by atoms with Gasteiger partial charge < -0.3 is 15.2 Å². The van der Waals surface area contributed by atoms with E-state index in [1.165, 1.54) is 0 Å². The molecule has 2 rings (SSSR count). The topological polar surface area (TPSA) is 41.5 Å². The van der Waals surface area contributed by atoms with Crippen LogP contribution in [0.1, 0.15) is 44.2 Å². The molecule has 1 aromatic carbocycles. The lowest BCUT2D eigenvalue weighted by atomic mass is 9.87. The molecule has 1 aliphatic carbocycles. The largest absolute Gasteiger partial charge is 0.434 e. The Morgan fingerprint density at radius 2 is 2.10 bits per heavy atom. The molecule has 5 heteroatoms. The van der Waals surface area contributed by atoms with Crippen molar-refractivity contribution in [2.75, 3.05) is 6.54 Å². The third kappa shape index (κ3) is 4.93. The molecule has 1 aliphatic rings. The van der Waals surface area contributed by atoms with Crippen LogP contribution in [0.5, 0.6) is 5.75 Å². The van der Waals surface area contributed by atoms with Gasteiger partial charge in [-0.25, -0.2) is 0 Å². The Hall–Kier alpha value is -1.20. The Morgan fingerprint density at radius 1 is 1.33 bits per heavy atom. The zero-order chi connectivity index (χ0) is 15.2. The van der Waals surface area contributed by atoms with E-state index in [1.54, 1.807) is 18.2 Å². The van der Waals surface area contributed by atoms with Crippen molar-refractivity contribution in [1.29, 1.82) is 0 Å². The number of rotatable bonds is 6. The van der Waals surface area contributed by atoms with E-state index >= 15 is 0 Å². The quantitative estimate of drug-likeness (QED) is 0.845. The van der Waals surface area contributed by atoms with Crippen LogP contribution in [-0.4, -0.2) is 24.4 Å². The second kappa shape index (κ2) is 7.71. The number of alkyl halides is 2. The number of para-hydroxylation sites is 1. The number of benzene rings is 1. The smallest absolute Gasteiger partial charge is 0.387 e. The highest BCUT2D eigenvalue weighted by Crippen LogP contribution is 2.28. The van der Waals surface area contributed by atoms with E-state index in [1.807, 2.05) is 13.0 Å². The van der Waals surface area contributed by atoms with Crippen LogP contribution >= 0.6 is 0 Å². The van der Waals surface area contributed by atoms with Gasteiger partial charge in [0.2, 0.25) is 0 Å². The van der Waals surface area contributed by atoms with Crippen LogP contribution in [0.25, 0.3) is 0 Å². The summed E-state index contributed by atoms with van der Waals surface area (Å²) >= 11 is 0. The van der Waals surface area contributed by atoms with E-state index in [2.05, 4.69) is 10.1 Å². The predicted molar refractivity (Wildman–Crippen MR) is 77.5 cm³/mol. The summed E-state index contributed by atoms with van der Waals surface area (Å²) in [7, 11) is 0. The second-order valence-electron chi connectivity index (χ2n) is 5.73. The lowest BCUT2D eigenvalue weighted by molar-refractivity contribution is -0.0506. The number of aliphatic hydroxyl groups is 1. The van der Waals surface area contributed by atoms with E-state index < -0.39 is 6.61 Å². The summed E-state index contributed by atoms with van der Waals surface area (Å²) < 4.78 is 29.4. The lowest BCUT2D eigenvalue weighted by Crippen LogP contribution is -2.30. The fourth-order valence-corrected chi connectivity index (χ4v) is 2.94. The van der Waals surface area contributed by atoms with Crippen LogP contribution in [0.3, 0.4) is 0 Å². The summed E-state index contributed by atoms with van der Waals surface area (Å²) in [5, 5.41) is 13.0. The molecular weight excluding hydrogens is 276 g/mol. The van der Waals surface area contributed by atoms with Crippen LogP contribution in [0.4, 0.5) is 8.78 Å². The number of nitrogens with one attached hydrogen (secondary N) is 1. The molecule has 0 aliphatic heterocycles. The van der Waals surface area contributed by atoms with E-state index in [0.717, 1.165) is 37.8 Å². The fraction of sp³-hybridized carbons (Fsp3) is 0.625.